The summed E-state index contributed by atoms with van der Waals surface area (Å²) in [5.41, 5.74) is 0.173. The predicted octanol–water partition coefficient (Wildman–Crippen LogP) is 1.26. The molecule has 1 saturated heterocycles. The van der Waals surface area contributed by atoms with E-state index in [4.69, 9.17) is 4.74 Å². The van der Waals surface area contributed by atoms with Gasteiger partial charge in [0.05, 0.1) is 18.6 Å². The average molecular weight is 358 g/mol. The minimum atomic E-state index is -0.229. The van der Waals surface area contributed by atoms with Crippen molar-refractivity contribution in [3.8, 4) is 0 Å². The van der Waals surface area contributed by atoms with Gasteiger partial charge in [-0.1, -0.05) is 25.1 Å². The Labute approximate surface area is 152 Å². The van der Waals surface area contributed by atoms with Crippen molar-refractivity contribution in [2.45, 2.75) is 26.3 Å². The van der Waals surface area contributed by atoms with E-state index >= 15 is 0 Å². The topological polar surface area (TPSA) is 76.5 Å². The summed E-state index contributed by atoms with van der Waals surface area (Å²) < 4.78 is 6.73. The Morgan fingerprint density at radius 1 is 1.19 bits per heavy atom. The molecule has 1 aliphatic heterocycles. The first kappa shape index (κ1) is 18.5. The van der Waals surface area contributed by atoms with E-state index < -0.39 is 0 Å². The highest BCUT2D eigenvalue weighted by atomic mass is 16.5. The van der Waals surface area contributed by atoms with Crippen LogP contribution in [0.2, 0.25) is 0 Å². The number of carbonyl (C=O) groups excluding carboxylic acids is 1. The number of ether oxygens (including phenoxy) is 1. The molecule has 0 unspecified atom stereocenters. The van der Waals surface area contributed by atoms with E-state index in [1.54, 1.807) is 12.1 Å². The summed E-state index contributed by atoms with van der Waals surface area (Å²) >= 11 is 0. The first-order chi connectivity index (χ1) is 12.7. The summed E-state index contributed by atoms with van der Waals surface area (Å²) in [5.74, 6) is -0.229. The van der Waals surface area contributed by atoms with Gasteiger partial charge < -0.3 is 10.1 Å². The molecule has 1 fully saturated rings. The van der Waals surface area contributed by atoms with E-state index in [0.717, 1.165) is 45.7 Å². The quantitative estimate of drug-likeness (QED) is 0.754. The zero-order valence-electron chi connectivity index (χ0n) is 15.2. The first-order valence-electron chi connectivity index (χ1n) is 9.29. The van der Waals surface area contributed by atoms with Crippen molar-refractivity contribution < 1.29 is 9.53 Å². The molecule has 2 aromatic rings. The van der Waals surface area contributed by atoms with Crippen LogP contribution < -0.4 is 10.9 Å². The van der Waals surface area contributed by atoms with Gasteiger partial charge in [0.15, 0.2) is 5.69 Å². The lowest BCUT2D eigenvalue weighted by molar-refractivity contribution is 0.0374. The lowest BCUT2D eigenvalue weighted by Crippen LogP contribution is -2.38. The Morgan fingerprint density at radius 2 is 1.92 bits per heavy atom. The van der Waals surface area contributed by atoms with Crippen molar-refractivity contribution >= 4 is 16.7 Å². The number of amides is 1. The van der Waals surface area contributed by atoms with Crippen LogP contribution in [0.4, 0.5) is 0 Å². The second kappa shape index (κ2) is 8.91. The number of hydrogen-bond donors (Lipinski definition) is 1. The minimum absolute atomic E-state index is 0.147. The van der Waals surface area contributed by atoms with Crippen molar-refractivity contribution in [1.29, 1.82) is 0 Å². The largest absolute Gasteiger partial charge is 0.379 e. The van der Waals surface area contributed by atoms with Crippen LogP contribution in [0, 0.1) is 0 Å². The number of carbonyl (C=O) groups is 1. The van der Waals surface area contributed by atoms with Crippen molar-refractivity contribution in [2.75, 3.05) is 39.4 Å². The molecule has 7 nitrogen and oxygen atoms in total. The molecule has 0 spiro atoms. The number of fused-ring (bicyclic) bond motifs is 1. The molecule has 1 aromatic carbocycles. The summed E-state index contributed by atoms with van der Waals surface area (Å²) in [6.07, 6.45) is 1.66. The number of nitrogens with one attached hydrogen (secondary N) is 1. The molecule has 1 amide bonds. The molecule has 0 atom stereocenters. The van der Waals surface area contributed by atoms with Crippen LogP contribution >= 0.6 is 0 Å². The lowest BCUT2D eigenvalue weighted by Gasteiger charge is -2.26. The smallest absolute Gasteiger partial charge is 0.274 e. The Morgan fingerprint density at radius 3 is 2.65 bits per heavy atom. The highest BCUT2D eigenvalue weighted by Crippen LogP contribution is 2.13. The van der Waals surface area contributed by atoms with Crippen molar-refractivity contribution in [1.82, 2.24) is 20.0 Å². The Bertz CT molecular complexity index is 812. The van der Waals surface area contributed by atoms with Gasteiger partial charge in [-0.2, -0.15) is 5.10 Å². The van der Waals surface area contributed by atoms with Gasteiger partial charge in [-0.25, -0.2) is 4.68 Å². The van der Waals surface area contributed by atoms with Gasteiger partial charge in [-0.3, -0.25) is 14.5 Å². The molecule has 140 valence electrons. The molecule has 2 heterocycles. The molecule has 1 aromatic heterocycles. The molecule has 1 N–H and O–H groups in total. The van der Waals surface area contributed by atoms with Crippen LogP contribution in [0.25, 0.3) is 10.8 Å². The molecule has 0 aliphatic carbocycles. The molecule has 1 aliphatic rings. The zero-order chi connectivity index (χ0) is 18.4. The summed E-state index contributed by atoms with van der Waals surface area (Å²) in [4.78, 5) is 27.5. The lowest BCUT2D eigenvalue weighted by atomic mass is 10.1. The second-order valence-electron chi connectivity index (χ2n) is 6.49. The SMILES string of the molecule is CCCn1nc(C(=O)NCCCN2CCOCC2)c2ccccc2c1=O. The van der Waals surface area contributed by atoms with Gasteiger partial charge in [-0.15, -0.1) is 0 Å². The molecule has 3 rings (SSSR count). The van der Waals surface area contributed by atoms with Gasteiger partial charge in [0.1, 0.15) is 0 Å². The molecule has 26 heavy (non-hydrogen) atoms. The fourth-order valence-corrected chi connectivity index (χ4v) is 3.18. The van der Waals surface area contributed by atoms with Crippen LogP contribution in [0.15, 0.2) is 29.1 Å². The summed E-state index contributed by atoms with van der Waals surface area (Å²) in [6.45, 7) is 7.45. The Kier molecular flexibility index (Phi) is 6.35. The Balaban J connectivity index is 1.69. The molecule has 7 heteroatoms. The summed E-state index contributed by atoms with van der Waals surface area (Å²) in [7, 11) is 0. The van der Waals surface area contributed by atoms with Gasteiger partial charge in [0.25, 0.3) is 11.5 Å². The number of benzene rings is 1. The molecule has 0 radical (unpaired) electrons. The minimum Gasteiger partial charge on any atom is -0.379 e. The second-order valence-corrected chi connectivity index (χ2v) is 6.49. The zero-order valence-corrected chi connectivity index (χ0v) is 15.2. The third kappa shape index (κ3) is 4.28. The van der Waals surface area contributed by atoms with E-state index in [9.17, 15) is 9.59 Å². The van der Waals surface area contributed by atoms with Gasteiger partial charge >= 0.3 is 0 Å². The van der Waals surface area contributed by atoms with Crippen LogP contribution in [-0.4, -0.2) is 60.0 Å². The highest BCUT2D eigenvalue weighted by Gasteiger charge is 2.16. The number of morpholine rings is 1. The van der Waals surface area contributed by atoms with E-state index in [1.165, 1.54) is 4.68 Å². The van der Waals surface area contributed by atoms with Crippen LogP contribution in [-0.2, 0) is 11.3 Å². The number of rotatable bonds is 7. The molecule has 0 bridgehead atoms. The fraction of sp³-hybridized carbons (Fsp3) is 0.526. The highest BCUT2D eigenvalue weighted by molar-refractivity contribution is 6.04. The van der Waals surface area contributed by atoms with Crippen LogP contribution in [0.1, 0.15) is 30.3 Å². The van der Waals surface area contributed by atoms with E-state index in [2.05, 4.69) is 15.3 Å². The molecular formula is C19H26N4O3. The van der Waals surface area contributed by atoms with Crippen LogP contribution in [0.3, 0.4) is 0 Å². The number of aryl methyl sites for hydroxylation is 1. The third-order valence-corrected chi connectivity index (χ3v) is 4.56. The predicted molar refractivity (Wildman–Crippen MR) is 101 cm³/mol. The standard InChI is InChI=1S/C19H26N4O3/c1-2-9-23-19(25)16-7-4-3-6-15(16)17(21-23)18(24)20-8-5-10-22-11-13-26-14-12-22/h3-4,6-7H,2,5,8-14H2,1H3,(H,20,24). The first-order valence-corrected chi connectivity index (χ1v) is 9.29. The Hall–Kier alpha value is -2.25. The van der Waals surface area contributed by atoms with E-state index in [1.807, 2.05) is 19.1 Å². The van der Waals surface area contributed by atoms with Gasteiger partial charge in [0.2, 0.25) is 0 Å². The number of hydrogen-bond acceptors (Lipinski definition) is 5. The molecule has 0 saturated carbocycles. The maximum Gasteiger partial charge on any atom is 0.274 e. The molecular weight excluding hydrogens is 332 g/mol. The van der Waals surface area contributed by atoms with Gasteiger partial charge in [0, 0.05) is 31.6 Å². The maximum absolute atomic E-state index is 12.7. The van der Waals surface area contributed by atoms with E-state index in [0.29, 0.717) is 29.6 Å². The average Bonchev–Trinajstić information content (AvgIpc) is 2.68. The monoisotopic (exact) mass is 358 g/mol. The maximum atomic E-state index is 12.7. The summed E-state index contributed by atoms with van der Waals surface area (Å²) in [6, 6.07) is 7.16. The van der Waals surface area contributed by atoms with Crippen molar-refractivity contribution in [3.63, 3.8) is 0 Å². The van der Waals surface area contributed by atoms with Gasteiger partial charge in [-0.05, 0) is 25.5 Å². The number of aromatic nitrogens is 2. The normalized spacial score (nSPS) is 15.3. The van der Waals surface area contributed by atoms with Crippen molar-refractivity contribution in [3.05, 3.63) is 40.3 Å². The third-order valence-electron chi connectivity index (χ3n) is 4.56. The van der Waals surface area contributed by atoms with Crippen molar-refractivity contribution in [2.24, 2.45) is 0 Å². The van der Waals surface area contributed by atoms with E-state index in [-0.39, 0.29) is 11.5 Å². The summed E-state index contributed by atoms with van der Waals surface area (Å²) in [5, 5.41) is 8.41. The fourth-order valence-electron chi connectivity index (χ4n) is 3.18. The van der Waals surface area contributed by atoms with Crippen LogP contribution in [0.5, 0.6) is 0 Å². The number of nitrogens with zero attached hydrogens (tertiary/aromatic N) is 3.